The Kier molecular flexibility index (Phi) is 1.81. The zero-order valence-electron chi connectivity index (χ0n) is 7.57. The normalized spacial score (nSPS) is 10.3. The molecule has 0 aliphatic rings. The van der Waals surface area contributed by atoms with Gasteiger partial charge in [-0.3, -0.25) is 5.10 Å². The molecule has 0 bridgehead atoms. The second-order valence-corrected chi connectivity index (χ2v) is 2.91. The molecule has 2 rings (SSSR count). The Morgan fingerprint density at radius 1 is 1.15 bits per heavy atom. The van der Waals surface area contributed by atoms with Crippen molar-refractivity contribution < 1.29 is 0 Å². The van der Waals surface area contributed by atoms with E-state index in [1.165, 1.54) is 0 Å². The topological polar surface area (TPSA) is 54.5 Å². The second-order valence-electron chi connectivity index (χ2n) is 2.91. The number of nitrogens with one attached hydrogen (secondary N) is 1. The maximum Gasteiger partial charge on any atom is 0.199 e. The van der Waals surface area contributed by atoms with Gasteiger partial charge in [0, 0.05) is 5.69 Å². The number of pyridine rings is 1. The Morgan fingerprint density at radius 2 is 2.00 bits per heavy atom. The van der Waals surface area contributed by atoms with Crippen molar-refractivity contribution in [2.75, 3.05) is 0 Å². The van der Waals surface area contributed by atoms with Crippen molar-refractivity contribution in [2.24, 2.45) is 0 Å². The molecule has 0 saturated carbocycles. The molecule has 0 radical (unpaired) electrons. The molecule has 0 saturated heterocycles. The standard InChI is InChI=1S/C9H10N4/c1-6-4-3-5-8(10-6)9-11-7(2)12-13-9/h3-5H,1-2H3,(H,11,12,13). The summed E-state index contributed by atoms with van der Waals surface area (Å²) in [6.07, 6.45) is 0. The average Bonchev–Trinajstić information content (AvgIpc) is 2.52. The molecule has 4 nitrogen and oxygen atoms in total. The molecule has 0 aliphatic carbocycles. The lowest BCUT2D eigenvalue weighted by Crippen LogP contribution is -1.87. The van der Waals surface area contributed by atoms with Gasteiger partial charge in [0.25, 0.3) is 0 Å². The minimum Gasteiger partial charge on any atom is -0.263 e. The quantitative estimate of drug-likeness (QED) is 0.712. The second kappa shape index (κ2) is 2.97. The number of H-pyrrole nitrogens is 1. The molecule has 0 aromatic carbocycles. The zero-order valence-corrected chi connectivity index (χ0v) is 7.57. The van der Waals surface area contributed by atoms with Gasteiger partial charge in [0.15, 0.2) is 5.82 Å². The van der Waals surface area contributed by atoms with E-state index in [0.717, 1.165) is 17.2 Å². The molecule has 4 heteroatoms. The number of nitrogens with zero attached hydrogens (tertiary/aromatic N) is 3. The number of aromatic amines is 1. The van der Waals surface area contributed by atoms with Crippen molar-refractivity contribution in [3.8, 4) is 11.5 Å². The largest absolute Gasteiger partial charge is 0.263 e. The summed E-state index contributed by atoms with van der Waals surface area (Å²) >= 11 is 0. The molecular formula is C9H10N4. The number of aryl methyl sites for hydroxylation is 2. The van der Waals surface area contributed by atoms with E-state index in [4.69, 9.17) is 0 Å². The van der Waals surface area contributed by atoms with Crippen LogP contribution in [-0.2, 0) is 0 Å². The predicted octanol–water partition coefficient (Wildman–Crippen LogP) is 1.48. The first-order valence-electron chi connectivity index (χ1n) is 4.09. The first-order chi connectivity index (χ1) is 6.25. The lowest BCUT2D eigenvalue weighted by molar-refractivity contribution is 1.04. The zero-order chi connectivity index (χ0) is 9.26. The highest BCUT2D eigenvalue weighted by Gasteiger charge is 2.03. The van der Waals surface area contributed by atoms with Crippen LogP contribution in [0.3, 0.4) is 0 Å². The van der Waals surface area contributed by atoms with Crippen LogP contribution in [-0.4, -0.2) is 20.2 Å². The van der Waals surface area contributed by atoms with Gasteiger partial charge in [0.1, 0.15) is 11.5 Å². The highest BCUT2D eigenvalue weighted by atomic mass is 15.2. The maximum absolute atomic E-state index is 4.31. The lowest BCUT2D eigenvalue weighted by Gasteiger charge is -1.94. The molecule has 2 aromatic heterocycles. The minimum absolute atomic E-state index is 0.654. The fourth-order valence-corrected chi connectivity index (χ4v) is 1.12. The molecule has 0 fully saturated rings. The molecule has 2 heterocycles. The summed E-state index contributed by atoms with van der Waals surface area (Å²) < 4.78 is 0. The molecule has 0 spiro atoms. The minimum atomic E-state index is 0.654. The van der Waals surface area contributed by atoms with Crippen LogP contribution < -0.4 is 0 Å². The van der Waals surface area contributed by atoms with Crippen LogP contribution in [0, 0.1) is 13.8 Å². The monoisotopic (exact) mass is 174 g/mol. The van der Waals surface area contributed by atoms with Gasteiger partial charge in [-0.05, 0) is 26.0 Å². The van der Waals surface area contributed by atoms with Crippen molar-refractivity contribution >= 4 is 0 Å². The first kappa shape index (κ1) is 7.91. The summed E-state index contributed by atoms with van der Waals surface area (Å²) in [6, 6.07) is 5.79. The Balaban J connectivity index is 2.46. The highest BCUT2D eigenvalue weighted by Crippen LogP contribution is 2.10. The summed E-state index contributed by atoms with van der Waals surface area (Å²) in [6.45, 7) is 3.81. The third-order valence-electron chi connectivity index (χ3n) is 1.71. The fourth-order valence-electron chi connectivity index (χ4n) is 1.12. The number of aromatic nitrogens is 4. The van der Waals surface area contributed by atoms with E-state index in [1.807, 2.05) is 32.0 Å². The maximum atomic E-state index is 4.31. The third-order valence-corrected chi connectivity index (χ3v) is 1.71. The molecule has 0 amide bonds. The Morgan fingerprint density at radius 3 is 2.62 bits per heavy atom. The molecule has 13 heavy (non-hydrogen) atoms. The number of hydrogen-bond acceptors (Lipinski definition) is 3. The molecule has 0 unspecified atom stereocenters. The number of hydrogen-bond donors (Lipinski definition) is 1. The van der Waals surface area contributed by atoms with Crippen LogP contribution in [0.2, 0.25) is 0 Å². The van der Waals surface area contributed by atoms with Gasteiger partial charge in [-0.15, -0.1) is 0 Å². The van der Waals surface area contributed by atoms with Crippen LogP contribution in [0.1, 0.15) is 11.5 Å². The summed E-state index contributed by atoms with van der Waals surface area (Å²) in [5, 5.41) is 6.81. The smallest absolute Gasteiger partial charge is 0.199 e. The summed E-state index contributed by atoms with van der Waals surface area (Å²) in [4.78, 5) is 8.50. The van der Waals surface area contributed by atoms with Crippen LogP contribution in [0.4, 0.5) is 0 Å². The van der Waals surface area contributed by atoms with Gasteiger partial charge in [-0.1, -0.05) is 6.07 Å². The van der Waals surface area contributed by atoms with Crippen molar-refractivity contribution in [3.05, 3.63) is 29.7 Å². The van der Waals surface area contributed by atoms with Gasteiger partial charge in [-0.2, -0.15) is 5.10 Å². The van der Waals surface area contributed by atoms with Gasteiger partial charge in [0.2, 0.25) is 0 Å². The highest BCUT2D eigenvalue weighted by molar-refractivity contribution is 5.48. The van der Waals surface area contributed by atoms with Gasteiger partial charge >= 0.3 is 0 Å². The Hall–Kier alpha value is -1.71. The van der Waals surface area contributed by atoms with Crippen molar-refractivity contribution in [2.45, 2.75) is 13.8 Å². The van der Waals surface area contributed by atoms with E-state index in [2.05, 4.69) is 20.2 Å². The summed E-state index contributed by atoms with van der Waals surface area (Å²) in [5.41, 5.74) is 1.78. The van der Waals surface area contributed by atoms with E-state index >= 15 is 0 Å². The summed E-state index contributed by atoms with van der Waals surface area (Å²) in [5.74, 6) is 1.46. The van der Waals surface area contributed by atoms with E-state index in [-0.39, 0.29) is 0 Å². The molecule has 66 valence electrons. The van der Waals surface area contributed by atoms with Crippen molar-refractivity contribution in [1.82, 2.24) is 20.2 Å². The van der Waals surface area contributed by atoms with Crippen LogP contribution in [0.5, 0.6) is 0 Å². The van der Waals surface area contributed by atoms with Gasteiger partial charge < -0.3 is 0 Å². The molecule has 1 N–H and O–H groups in total. The lowest BCUT2D eigenvalue weighted by atomic mass is 10.3. The van der Waals surface area contributed by atoms with Gasteiger partial charge in [0.05, 0.1) is 0 Å². The van der Waals surface area contributed by atoms with Crippen molar-refractivity contribution in [1.29, 1.82) is 0 Å². The SMILES string of the molecule is Cc1cccc(-c2n[nH]c(C)n2)n1. The van der Waals surface area contributed by atoms with E-state index in [9.17, 15) is 0 Å². The molecule has 0 aliphatic heterocycles. The van der Waals surface area contributed by atoms with Crippen LogP contribution in [0.25, 0.3) is 11.5 Å². The molecule has 0 atom stereocenters. The first-order valence-corrected chi connectivity index (χ1v) is 4.09. The third kappa shape index (κ3) is 1.56. The fraction of sp³-hybridized carbons (Fsp3) is 0.222. The van der Waals surface area contributed by atoms with Crippen LogP contribution >= 0.6 is 0 Å². The Labute approximate surface area is 76.1 Å². The van der Waals surface area contributed by atoms with Crippen LogP contribution in [0.15, 0.2) is 18.2 Å². The van der Waals surface area contributed by atoms with E-state index < -0.39 is 0 Å². The molecule has 2 aromatic rings. The van der Waals surface area contributed by atoms with Crippen molar-refractivity contribution in [3.63, 3.8) is 0 Å². The summed E-state index contributed by atoms with van der Waals surface area (Å²) in [7, 11) is 0. The van der Waals surface area contributed by atoms with Gasteiger partial charge in [-0.25, -0.2) is 9.97 Å². The van der Waals surface area contributed by atoms with E-state index in [1.54, 1.807) is 0 Å². The number of rotatable bonds is 1. The van der Waals surface area contributed by atoms with E-state index in [0.29, 0.717) is 5.82 Å². The average molecular weight is 174 g/mol. The Bertz CT molecular complexity index is 419. The predicted molar refractivity (Wildman–Crippen MR) is 49.1 cm³/mol. The molecular weight excluding hydrogens is 164 g/mol.